The zero-order chi connectivity index (χ0) is 21.6. The number of alkyl halides is 3. The van der Waals surface area contributed by atoms with Crippen LogP contribution in [-0.2, 0) is 21.2 Å². The number of nitrogens with zero attached hydrogens (tertiary/aromatic N) is 3. The first-order valence-electron chi connectivity index (χ1n) is 8.71. The molecule has 1 atom stereocenters. The molecule has 2 aromatic rings. The van der Waals surface area contributed by atoms with Gasteiger partial charge in [-0.15, -0.1) is 0 Å². The molecule has 0 spiro atoms. The zero-order valence-corrected chi connectivity index (χ0v) is 15.8. The van der Waals surface area contributed by atoms with E-state index >= 15 is 0 Å². The van der Waals surface area contributed by atoms with E-state index in [0.29, 0.717) is 11.9 Å². The molecule has 1 saturated heterocycles. The molecule has 1 N–H and O–H groups in total. The first-order valence-corrected chi connectivity index (χ1v) is 8.71. The van der Waals surface area contributed by atoms with E-state index in [1.54, 1.807) is 0 Å². The van der Waals surface area contributed by atoms with Crippen LogP contribution in [0.25, 0.3) is 0 Å². The average Bonchev–Trinajstić information content (AvgIpc) is 3.20. The molecule has 156 valence electrons. The van der Waals surface area contributed by atoms with E-state index < -0.39 is 41.2 Å². The van der Waals surface area contributed by atoms with Crippen LogP contribution in [0.4, 0.5) is 29.3 Å². The molecule has 1 aliphatic rings. The smallest absolute Gasteiger partial charge is 0.338 e. The van der Waals surface area contributed by atoms with Crippen molar-refractivity contribution >= 4 is 23.5 Å². The summed E-state index contributed by atoms with van der Waals surface area (Å²) in [6.07, 6.45) is -4.39. The van der Waals surface area contributed by atoms with Gasteiger partial charge in [0.25, 0.3) is 0 Å². The van der Waals surface area contributed by atoms with Gasteiger partial charge in [0.1, 0.15) is 6.04 Å². The lowest BCUT2D eigenvalue weighted by atomic mass is 9.92. The second-order valence-corrected chi connectivity index (χ2v) is 7.66. The zero-order valence-electron chi connectivity index (χ0n) is 15.8. The Morgan fingerprint density at radius 1 is 1.28 bits per heavy atom. The van der Waals surface area contributed by atoms with Crippen LogP contribution in [0.5, 0.6) is 0 Å². The summed E-state index contributed by atoms with van der Waals surface area (Å²) in [7, 11) is 0. The van der Waals surface area contributed by atoms with Crippen molar-refractivity contribution in [2.45, 2.75) is 51.2 Å². The number of hydrogen-bond donors (Lipinski definition) is 1. The first-order chi connectivity index (χ1) is 13.4. The van der Waals surface area contributed by atoms with E-state index in [4.69, 9.17) is 4.52 Å². The van der Waals surface area contributed by atoms with Gasteiger partial charge >= 0.3 is 6.18 Å². The fraction of sp³-hybridized carbons (Fsp3) is 0.444. The van der Waals surface area contributed by atoms with Gasteiger partial charge in [0.05, 0.1) is 11.3 Å². The molecule has 0 bridgehead atoms. The lowest BCUT2D eigenvalue weighted by Crippen LogP contribution is -2.42. The lowest BCUT2D eigenvalue weighted by molar-refractivity contribution is -0.138. The average molecular weight is 414 g/mol. The molecular weight excluding hydrogens is 396 g/mol. The number of carbonyl (C=O) groups excluding carboxylic acids is 2. The van der Waals surface area contributed by atoms with Gasteiger partial charge in [-0.2, -0.15) is 13.2 Å². The predicted octanol–water partition coefficient (Wildman–Crippen LogP) is 3.66. The molecule has 7 nitrogen and oxygen atoms in total. The van der Waals surface area contributed by atoms with Gasteiger partial charge in [0.2, 0.25) is 17.7 Å². The Kier molecular flexibility index (Phi) is 5.10. The van der Waals surface area contributed by atoms with Crippen LogP contribution >= 0.6 is 0 Å². The number of aromatic nitrogens is 2. The summed E-state index contributed by atoms with van der Waals surface area (Å²) in [5.74, 6) is -3.24. The number of amides is 2. The number of pyridine rings is 1. The molecule has 1 fully saturated rings. The Hall–Kier alpha value is -2.98. The second-order valence-electron chi connectivity index (χ2n) is 7.66. The number of rotatable bonds is 3. The molecule has 2 amide bonds. The highest BCUT2D eigenvalue weighted by atomic mass is 19.4. The minimum Gasteiger partial charge on any atom is -0.338 e. The van der Waals surface area contributed by atoms with Gasteiger partial charge < -0.3 is 4.52 Å². The van der Waals surface area contributed by atoms with Gasteiger partial charge in [0, 0.05) is 24.1 Å². The van der Waals surface area contributed by atoms with Crippen molar-refractivity contribution in [3.8, 4) is 0 Å². The topological polar surface area (TPSA) is 88.3 Å². The molecule has 3 rings (SSSR count). The fourth-order valence-corrected chi connectivity index (χ4v) is 2.85. The maximum Gasteiger partial charge on any atom is 0.417 e. The Balaban J connectivity index is 1.83. The molecule has 29 heavy (non-hydrogen) atoms. The summed E-state index contributed by atoms with van der Waals surface area (Å²) in [6.45, 7) is 5.69. The highest BCUT2D eigenvalue weighted by Gasteiger charge is 2.41. The van der Waals surface area contributed by atoms with Crippen LogP contribution in [0.3, 0.4) is 0 Å². The Labute approximate surface area is 163 Å². The normalized spacial score (nSPS) is 17.7. The fourth-order valence-electron chi connectivity index (χ4n) is 2.85. The van der Waals surface area contributed by atoms with Gasteiger partial charge in [0.15, 0.2) is 11.6 Å². The monoisotopic (exact) mass is 414 g/mol. The van der Waals surface area contributed by atoms with Crippen molar-refractivity contribution in [2.75, 3.05) is 10.2 Å². The molecule has 0 unspecified atom stereocenters. The van der Waals surface area contributed by atoms with Crippen LogP contribution in [-0.4, -0.2) is 28.0 Å². The molecule has 0 aliphatic carbocycles. The van der Waals surface area contributed by atoms with Gasteiger partial charge in [-0.05, 0) is 12.5 Å². The van der Waals surface area contributed by atoms with Crippen molar-refractivity contribution < 1.29 is 31.7 Å². The standard InChI is InChI=1S/C18H18F4N4O3/c1-17(2,3)12-7-13(29-25-12)24-16(28)11-4-5-14(27)26(11)15-10(19)6-9(8-23-15)18(20,21)22/h6-8,11H,4-5H2,1-3H3,(H,24,28)/t11-/m0/s1. The highest BCUT2D eigenvalue weighted by Crippen LogP contribution is 2.33. The Morgan fingerprint density at radius 2 is 1.97 bits per heavy atom. The van der Waals surface area contributed by atoms with E-state index in [2.05, 4.69) is 15.5 Å². The van der Waals surface area contributed by atoms with Gasteiger partial charge in [-0.1, -0.05) is 25.9 Å². The number of halogens is 4. The number of nitrogens with one attached hydrogen (secondary N) is 1. The van der Waals surface area contributed by atoms with Crippen LogP contribution in [0.15, 0.2) is 22.9 Å². The number of hydrogen-bond acceptors (Lipinski definition) is 5. The third-order valence-electron chi connectivity index (χ3n) is 4.42. The second kappa shape index (κ2) is 7.12. The van der Waals surface area contributed by atoms with Crippen LogP contribution < -0.4 is 10.2 Å². The lowest BCUT2D eigenvalue weighted by Gasteiger charge is -2.23. The van der Waals surface area contributed by atoms with E-state index in [9.17, 15) is 27.2 Å². The first kappa shape index (κ1) is 20.7. The third-order valence-corrected chi connectivity index (χ3v) is 4.42. The summed E-state index contributed by atoms with van der Waals surface area (Å²) in [5.41, 5.74) is -1.03. The number of anilines is 2. The van der Waals surface area contributed by atoms with Crippen molar-refractivity contribution in [3.63, 3.8) is 0 Å². The minimum atomic E-state index is -4.78. The molecule has 2 aromatic heterocycles. The van der Waals surface area contributed by atoms with Crippen LogP contribution in [0.2, 0.25) is 0 Å². The van der Waals surface area contributed by atoms with Gasteiger partial charge in [-0.25, -0.2) is 9.37 Å². The quantitative estimate of drug-likeness (QED) is 0.775. The van der Waals surface area contributed by atoms with Gasteiger partial charge in [-0.3, -0.25) is 19.8 Å². The maximum atomic E-state index is 14.3. The van der Waals surface area contributed by atoms with Crippen LogP contribution in [0.1, 0.15) is 44.9 Å². The van der Waals surface area contributed by atoms with Crippen molar-refractivity contribution in [1.29, 1.82) is 0 Å². The Bertz CT molecular complexity index is 949. The summed E-state index contributed by atoms with van der Waals surface area (Å²) in [5, 5.41) is 6.32. The van der Waals surface area contributed by atoms with Crippen molar-refractivity contribution in [2.24, 2.45) is 0 Å². The highest BCUT2D eigenvalue weighted by molar-refractivity contribution is 6.06. The molecule has 0 aromatic carbocycles. The van der Waals surface area contributed by atoms with Crippen molar-refractivity contribution in [1.82, 2.24) is 10.1 Å². The summed E-state index contributed by atoms with van der Waals surface area (Å²) >= 11 is 0. The summed E-state index contributed by atoms with van der Waals surface area (Å²) < 4.78 is 57.5. The van der Waals surface area contributed by atoms with E-state index in [-0.39, 0.29) is 30.2 Å². The molecular formula is C18H18F4N4O3. The van der Waals surface area contributed by atoms with Crippen LogP contribution in [0, 0.1) is 5.82 Å². The molecule has 3 heterocycles. The summed E-state index contributed by atoms with van der Waals surface area (Å²) in [6, 6.07) is 0.620. The summed E-state index contributed by atoms with van der Waals surface area (Å²) in [4.78, 5) is 29.0. The molecule has 0 radical (unpaired) electrons. The molecule has 0 saturated carbocycles. The SMILES string of the molecule is CC(C)(C)c1cc(NC(=O)[C@@H]2CCC(=O)N2c2ncc(C(F)(F)F)cc2F)on1. The largest absolute Gasteiger partial charge is 0.417 e. The maximum absolute atomic E-state index is 14.3. The van der Waals surface area contributed by atoms with E-state index in [0.717, 1.165) is 4.90 Å². The van der Waals surface area contributed by atoms with E-state index in [1.807, 2.05) is 20.8 Å². The number of carbonyl (C=O) groups is 2. The van der Waals surface area contributed by atoms with E-state index in [1.165, 1.54) is 6.07 Å². The predicted molar refractivity (Wildman–Crippen MR) is 93.5 cm³/mol. The Morgan fingerprint density at radius 3 is 2.52 bits per heavy atom. The third kappa shape index (κ3) is 4.22. The van der Waals surface area contributed by atoms with Crippen molar-refractivity contribution in [3.05, 3.63) is 35.4 Å². The minimum absolute atomic E-state index is 0.0417. The molecule has 1 aliphatic heterocycles. The molecule has 11 heteroatoms.